The van der Waals surface area contributed by atoms with Gasteiger partial charge in [0.05, 0.1) is 0 Å². The van der Waals surface area contributed by atoms with Crippen molar-refractivity contribution in [2.75, 3.05) is 12.3 Å². The summed E-state index contributed by atoms with van der Waals surface area (Å²) in [5, 5.41) is 9.30. The summed E-state index contributed by atoms with van der Waals surface area (Å²) >= 11 is 2.80. The highest BCUT2D eigenvalue weighted by Gasteiger charge is 2.39. The molecular formula is C16H23NO4S2. The smallest absolute Gasteiger partial charge is 0.326 e. The van der Waals surface area contributed by atoms with E-state index >= 15 is 0 Å². The van der Waals surface area contributed by atoms with E-state index in [0.29, 0.717) is 19.4 Å². The van der Waals surface area contributed by atoms with Crippen molar-refractivity contribution < 1.29 is 19.5 Å². The second-order valence-corrected chi connectivity index (χ2v) is 8.58. The molecule has 0 radical (unpaired) electrons. The van der Waals surface area contributed by atoms with Gasteiger partial charge < -0.3 is 10.0 Å². The van der Waals surface area contributed by atoms with Crippen molar-refractivity contribution in [1.82, 2.24) is 4.90 Å². The standard InChI is InChI=1S/C16H23NO4S2/c1-4-5-6-7-22-13-9-14(16(20)21)17(10-13)15(19)8-11(2)23-12(3)18/h1,11,13-14H,5-10H2,2-3H3,(H,20,21)/t11?,13?,14-/m0/s1. The first-order valence-electron chi connectivity index (χ1n) is 7.59. The average molecular weight is 357 g/mol. The maximum Gasteiger partial charge on any atom is 0.326 e. The van der Waals surface area contributed by atoms with Gasteiger partial charge in [0.25, 0.3) is 0 Å². The number of unbranched alkanes of at least 4 members (excludes halogenated alkanes) is 1. The number of aliphatic carboxylic acids is 1. The Labute approximate surface area is 145 Å². The van der Waals surface area contributed by atoms with Gasteiger partial charge in [-0.15, -0.1) is 12.3 Å². The summed E-state index contributed by atoms with van der Waals surface area (Å²) in [6.45, 7) is 3.72. The van der Waals surface area contributed by atoms with Gasteiger partial charge in [0, 0.05) is 36.8 Å². The summed E-state index contributed by atoms with van der Waals surface area (Å²) in [4.78, 5) is 36.3. The number of rotatable bonds is 8. The molecule has 1 fully saturated rings. The lowest BCUT2D eigenvalue weighted by Crippen LogP contribution is -2.41. The molecule has 1 rings (SSSR count). The Morgan fingerprint density at radius 3 is 2.70 bits per heavy atom. The van der Waals surface area contributed by atoms with Gasteiger partial charge in [-0.1, -0.05) is 18.7 Å². The van der Waals surface area contributed by atoms with Crippen LogP contribution in [0, 0.1) is 12.3 Å². The number of thioether (sulfide) groups is 2. The van der Waals surface area contributed by atoms with Gasteiger partial charge in [0.1, 0.15) is 6.04 Å². The lowest BCUT2D eigenvalue weighted by molar-refractivity contribution is -0.148. The third-order valence-corrected chi connectivity index (χ3v) is 5.75. The van der Waals surface area contributed by atoms with Crippen molar-refractivity contribution in [3.05, 3.63) is 0 Å². The summed E-state index contributed by atoms with van der Waals surface area (Å²) < 4.78 is 0. The number of hydrogen-bond acceptors (Lipinski definition) is 5. The molecule has 128 valence electrons. The number of terminal acetylenes is 1. The van der Waals surface area contributed by atoms with Gasteiger partial charge in [0.2, 0.25) is 5.91 Å². The van der Waals surface area contributed by atoms with Crippen molar-refractivity contribution in [2.45, 2.75) is 56.1 Å². The number of hydrogen-bond donors (Lipinski definition) is 1. The van der Waals surface area contributed by atoms with Crippen molar-refractivity contribution in [3.8, 4) is 12.3 Å². The summed E-state index contributed by atoms with van der Waals surface area (Å²) in [6.07, 6.45) is 7.47. The van der Waals surface area contributed by atoms with Crippen molar-refractivity contribution >= 4 is 40.5 Å². The molecule has 0 saturated carbocycles. The maximum atomic E-state index is 12.4. The second-order valence-electron chi connectivity index (χ2n) is 5.56. The minimum Gasteiger partial charge on any atom is -0.480 e. The number of nitrogens with zero attached hydrogens (tertiary/aromatic N) is 1. The first-order valence-corrected chi connectivity index (χ1v) is 9.52. The average Bonchev–Trinajstić information content (AvgIpc) is 2.87. The van der Waals surface area contributed by atoms with Crippen LogP contribution in [0.5, 0.6) is 0 Å². The summed E-state index contributed by atoms with van der Waals surface area (Å²) in [5.41, 5.74) is 0. The molecule has 0 aliphatic carbocycles. The van der Waals surface area contributed by atoms with E-state index in [0.717, 1.165) is 23.9 Å². The highest BCUT2D eigenvalue weighted by Crippen LogP contribution is 2.30. The van der Waals surface area contributed by atoms with Crippen LogP contribution in [0.15, 0.2) is 0 Å². The number of likely N-dealkylation sites (tertiary alicyclic amines) is 1. The second kappa shape index (κ2) is 9.89. The summed E-state index contributed by atoms with van der Waals surface area (Å²) in [5.74, 6) is 2.31. The Bertz CT molecular complexity index is 489. The molecule has 1 aliphatic rings. The van der Waals surface area contributed by atoms with E-state index < -0.39 is 12.0 Å². The number of amides is 1. The fourth-order valence-corrected chi connectivity index (χ4v) is 4.56. The monoisotopic (exact) mass is 357 g/mol. The van der Waals surface area contributed by atoms with E-state index in [1.807, 2.05) is 6.92 Å². The summed E-state index contributed by atoms with van der Waals surface area (Å²) in [6, 6.07) is -0.762. The lowest BCUT2D eigenvalue weighted by atomic mass is 10.2. The van der Waals surface area contributed by atoms with Crippen LogP contribution in [0.1, 0.15) is 39.5 Å². The van der Waals surface area contributed by atoms with E-state index in [-0.39, 0.29) is 27.9 Å². The zero-order valence-corrected chi connectivity index (χ0v) is 15.1. The first kappa shape index (κ1) is 19.9. The predicted molar refractivity (Wildman–Crippen MR) is 94.4 cm³/mol. The largest absolute Gasteiger partial charge is 0.480 e. The molecule has 0 aromatic carbocycles. The molecule has 0 aromatic heterocycles. The minimum absolute atomic E-state index is 0.0385. The molecule has 2 unspecified atom stereocenters. The van der Waals surface area contributed by atoms with Gasteiger partial charge in [-0.05, 0) is 18.6 Å². The number of carbonyl (C=O) groups excluding carboxylic acids is 2. The van der Waals surface area contributed by atoms with Gasteiger partial charge in [-0.3, -0.25) is 9.59 Å². The third-order valence-electron chi connectivity index (χ3n) is 3.52. The first-order chi connectivity index (χ1) is 10.8. The van der Waals surface area contributed by atoms with Crippen LogP contribution in [-0.4, -0.2) is 55.8 Å². The van der Waals surface area contributed by atoms with Crippen LogP contribution < -0.4 is 0 Å². The van der Waals surface area contributed by atoms with Crippen LogP contribution in [0.3, 0.4) is 0 Å². The molecular weight excluding hydrogens is 334 g/mol. The number of carboxylic acids is 1. The molecule has 1 saturated heterocycles. The van der Waals surface area contributed by atoms with Gasteiger partial charge in [-0.25, -0.2) is 4.79 Å². The zero-order chi connectivity index (χ0) is 17.4. The highest BCUT2D eigenvalue weighted by atomic mass is 32.2. The Kier molecular flexibility index (Phi) is 8.56. The van der Waals surface area contributed by atoms with E-state index in [1.165, 1.54) is 11.8 Å². The normalized spacial score (nSPS) is 21.7. The molecule has 5 nitrogen and oxygen atoms in total. The molecule has 0 aromatic rings. The third kappa shape index (κ3) is 6.88. The van der Waals surface area contributed by atoms with Crippen LogP contribution in [0.2, 0.25) is 0 Å². The van der Waals surface area contributed by atoms with E-state index in [2.05, 4.69) is 5.92 Å². The van der Waals surface area contributed by atoms with Gasteiger partial charge in [0.15, 0.2) is 5.12 Å². The Balaban J connectivity index is 2.57. The molecule has 7 heteroatoms. The van der Waals surface area contributed by atoms with E-state index in [1.54, 1.807) is 11.8 Å². The fraction of sp³-hybridized carbons (Fsp3) is 0.688. The van der Waals surface area contributed by atoms with E-state index in [9.17, 15) is 19.5 Å². The number of carboxylic acid groups (broad SMARTS) is 1. The fourth-order valence-electron chi connectivity index (χ4n) is 2.54. The lowest BCUT2D eigenvalue weighted by Gasteiger charge is -2.22. The predicted octanol–water partition coefficient (Wildman–Crippen LogP) is 2.25. The molecule has 0 spiro atoms. The molecule has 23 heavy (non-hydrogen) atoms. The topological polar surface area (TPSA) is 74.7 Å². The maximum absolute atomic E-state index is 12.4. The Hall–Kier alpha value is -1.13. The molecule has 1 aliphatic heterocycles. The van der Waals surface area contributed by atoms with Gasteiger partial charge >= 0.3 is 5.97 Å². The van der Waals surface area contributed by atoms with Gasteiger partial charge in [-0.2, -0.15) is 11.8 Å². The van der Waals surface area contributed by atoms with Crippen LogP contribution >= 0.6 is 23.5 Å². The van der Waals surface area contributed by atoms with Crippen LogP contribution in [-0.2, 0) is 14.4 Å². The van der Waals surface area contributed by atoms with Crippen molar-refractivity contribution in [3.63, 3.8) is 0 Å². The van der Waals surface area contributed by atoms with Crippen molar-refractivity contribution in [1.29, 1.82) is 0 Å². The molecule has 3 atom stereocenters. The van der Waals surface area contributed by atoms with E-state index in [4.69, 9.17) is 6.42 Å². The van der Waals surface area contributed by atoms with Crippen LogP contribution in [0.25, 0.3) is 0 Å². The van der Waals surface area contributed by atoms with Crippen molar-refractivity contribution in [2.24, 2.45) is 0 Å². The number of carbonyl (C=O) groups is 3. The zero-order valence-electron chi connectivity index (χ0n) is 13.5. The highest BCUT2D eigenvalue weighted by molar-refractivity contribution is 8.14. The molecule has 1 amide bonds. The van der Waals surface area contributed by atoms with Crippen LogP contribution in [0.4, 0.5) is 0 Å². The molecule has 1 heterocycles. The molecule has 1 N–H and O–H groups in total. The summed E-state index contributed by atoms with van der Waals surface area (Å²) in [7, 11) is 0. The minimum atomic E-state index is -0.961. The molecule has 0 bridgehead atoms. The SMILES string of the molecule is C#CCCCSC1C[C@@H](C(=O)O)N(C(=O)CC(C)SC(C)=O)C1. The Morgan fingerprint density at radius 2 is 2.13 bits per heavy atom. The quantitative estimate of drug-likeness (QED) is 0.530. The Morgan fingerprint density at radius 1 is 1.43 bits per heavy atom.